The molecule has 0 radical (unpaired) electrons. The Bertz CT molecular complexity index is 740. The molecule has 1 amide bonds. The van der Waals surface area contributed by atoms with Gasteiger partial charge in [0, 0.05) is 22.9 Å². The van der Waals surface area contributed by atoms with Crippen molar-refractivity contribution in [1.82, 2.24) is 4.98 Å². The van der Waals surface area contributed by atoms with Gasteiger partial charge in [-0.3, -0.25) is 19.9 Å². The highest BCUT2D eigenvalue weighted by Crippen LogP contribution is 2.34. The molecular formula is C12H6BrCl2N3O3. The molecule has 0 aliphatic carbocycles. The summed E-state index contributed by atoms with van der Waals surface area (Å²) in [6.07, 6.45) is 2.91. The fourth-order valence-electron chi connectivity index (χ4n) is 1.50. The molecule has 1 N–H and O–H groups in total. The van der Waals surface area contributed by atoms with E-state index in [1.807, 2.05) is 0 Å². The molecule has 6 nitrogen and oxygen atoms in total. The number of amides is 1. The van der Waals surface area contributed by atoms with Gasteiger partial charge in [0.25, 0.3) is 11.6 Å². The molecule has 0 aliphatic rings. The highest BCUT2D eigenvalue weighted by Gasteiger charge is 2.17. The van der Waals surface area contributed by atoms with Gasteiger partial charge in [0.1, 0.15) is 5.02 Å². The summed E-state index contributed by atoms with van der Waals surface area (Å²) in [6.45, 7) is 0. The Morgan fingerprint density at radius 1 is 1.24 bits per heavy atom. The van der Waals surface area contributed by atoms with Crippen molar-refractivity contribution in [2.75, 3.05) is 5.32 Å². The van der Waals surface area contributed by atoms with Crippen molar-refractivity contribution in [3.8, 4) is 0 Å². The molecule has 1 aromatic carbocycles. The average Bonchev–Trinajstić information content (AvgIpc) is 2.42. The van der Waals surface area contributed by atoms with Gasteiger partial charge >= 0.3 is 0 Å². The number of benzene rings is 1. The third-order valence-corrected chi connectivity index (χ3v) is 3.50. The highest BCUT2D eigenvalue weighted by atomic mass is 79.9. The summed E-state index contributed by atoms with van der Waals surface area (Å²) in [5.74, 6) is -0.462. The number of nitrogens with one attached hydrogen (secondary N) is 1. The van der Waals surface area contributed by atoms with Crippen LogP contribution < -0.4 is 5.32 Å². The summed E-state index contributed by atoms with van der Waals surface area (Å²) >= 11 is 14.9. The monoisotopic (exact) mass is 389 g/mol. The quantitative estimate of drug-likeness (QED) is 0.624. The van der Waals surface area contributed by atoms with E-state index in [1.165, 1.54) is 18.5 Å². The van der Waals surface area contributed by atoms with Gasteiger partial charge in [-0.2, -0.15) is 0 Å². The summed E-state index contributed by atoms with van der Waals surface area (Å²) < 4.78 is 0.642. The highest BCUT2D eigenvalue weighted by molar-refractivity contribution is 9.10. The first-order valence-electron chi connectivity index (χ1n) is 5.44. The number of nitro benzene ring substituents is 1. The molecule has 0 spiro atoms. The largest absolute Gasteiger partial charge is 0.321 e. The van der Waals surface area contributed by atoms with Crippen LogP contribution in [0.3, 0.4) is 0 Å². The smallest absolute Gasteiger partial charge is 0.289 e. The number of carbonyl (C=O) groups is 1. The third kappa shape index (κ3) is 3.69. The fourth-order valence-corrected chi connectivity index (χ4v) is 2.31. The lowest BCUT2D eigenvalue weighted by atomic mass is 10.2. The van der Waals surface area contributed by atoms with E-state index in [2.05, 4.69) is 26.2 Å². The van der Waals surface area contributed by atoms with Crippen molar-refractivity contribution >= 4 is 56.4 Å². The first kappa shape index (κ1) is 15.7. The number of halogens is 3. The zero-order chi connectivity index (χ0) is 15.6. The van der Waals surface area contributed by atoms with Crippen LogP contribution >= 0.6 is 39.1 Å². The van der Waals surface area contributed by atoms with E-state index in [0.717, 1.165) is 6.07 Å². The number of nitrogens with zero attached hydrogens (tertiary/aromatic N) is 2. The Morgan fingerprint density at radius 2 is 1.95 bits per heavy atom. The maximum absolute atomic E-state index is 12.0. The molecule has 0 fully saturated rings. The van der Waals surface area contributed by atoms with Crippen LogP contribution in [0.15, 0.2) is 35.1 Å². The fraction of sp³-hybridized carbons (Fsp3) is 0. The van der Waals surface area contributed by atoms with Crippen molar-refractivity contribution in [3.63, 3.8) is 0 Å². The van der Waals surface area contributed by atoms with Crippen molar-refractivity contribution in [2.45, 2.75) is 0 Å². The molecule has 108 valence electrons. The second-order valence-electron chi connectivity index (χ2n) is 3.89. The van der Waals surface area contributed by atoms with Gasteiger partial charge < -0.3 is 5.32 Å². The van der Waals surface area contributed by atoms with E-state index in [-0.39, 0.29) is 21.4 Å². The zero-order valence-electron chi connectivity index (χ0n) is 10.1. The second-order valence-corrected chi connectivity index (χ2v) is 5.62. The summed E-state index contributed by atoms with van der Waals surface area (Å²) in [7, 11) is 0. The Hall–Kier alpha value is -1.70. The summed E-state index contributed by atoms with van der Waals surface area (Å²) in [4.78, 5) is 26.0. The molecule has 2 rings (SSSR count). The molecule has 9 heteroatoms. The zero-order valence-corrected chi connectivity index (χ0v) is 13.2. The Balaban J connectivity index is 2.30. The number of hydrogen-bond donors (Lipinski definition) is 1. The number of carbonyl (C=O) groups excluding carboxylic acids is 1. The standard InChI is InChI=1S/C12H6BrCl2N3O3/c13-7-1-6(4-16-5-7)12(19)17-10-2-9(15)11(18(20)21)3-8(10)14/h1-5H,(H,17,19). The van der Waals surface area contributed by atoms with Crippen LogP contribution in [0.5, 0.6) is 0 Å². The molecule has 0 saturated carbocycles. The topological polar surface area (TPSA) is 85.1 Å². The van der Waals surface area contributed by atoms with Gasteiger partial charge in [0.15, 0.2) is 0 Å². The summed E-state index contributed by atoms with van der Waals surface area (Å²) in [5.41, 5.74) is 0.149. The minimum atomic E-state index is -0.655. The van der Waals surface area contributed by atoms with Crippen LogP contribution in [0.2, 0.25) is 10.0 Å². The lowest BCUT2D eigenvalue weighted by Gasteiger charge is -2.08. The van der Waals surface area contributed by atoms with E-state index >= 15 is 0 Å². The predicted octanol–water partition coefficient (Wildman–Crippen LogP) is 4.31. The van der Waals surface area contributed by atoms with Crippen LogP contribution in [-0.2, 0) is 0 Å². The first-order chi connectivity index (χ1) is 9.88. The Morgan fingerprint density at radius 3 is 2.57 bits per heavy atom. The molecule has 0 atom stereocenters. The lowest BCUT2D eigenvalue weighted by Crippen LogP contribution is -2.12. The van der Waals surface area contributed by atoms with Gasteiger partial charge in [-0.15, -0.1) is 0 Å². The molecule has 21 heavy (non-hydrogen) atoms. The number of rotatable bonds is 3. The van der Waals surface area contributed by atoms with Crippen LogP contribution in [0.1, 0.15) is 10.4 Å². The number of aromatic nitrogens is 1. The molecular weight excluding hydrogens is 385 g/mol. The summed E-state index contributed by atoms with van der Waals surface area (Å²) in [5, 5.41) is 13.1. The number of nitro groups is 1. The normalized spacial score (nSPS) is 10.2. The number of anilines is 1. The molecule has 2 aromatic rings. The SMILES string of the molecule is O=C(Nc1cc(Cl)c([N+](=O)[O-])cc1Cl)c1cncc(Br)c1. The van der Waals surface area contributed by atoms with Crippen LogP contribution in [0.4, 0.5) is 11.4 Å². The van der Waals surface area contributed by atoms with E-state index in [0.29, 0.717) is 10.0 Å². The lowest BCUT2D eigenvalue weighted by molar-refractivity contribution is -0.384. The second kappa shape index (κ2) is 6.38. The third-order valence-electron chi connectivity index (χ3n) is 2.45. The van der Waals surface area contributed by atoms with Crippen molar-refractivity contribution in [3.05, 3.63) is 60.8 Å². The van der Waals surface area contributed by atoms with Crippen molar-refractivity contribution in [1.29, 1.82) is 0 Å². The molecule has 0 unspecified atom stereocenters. The minimum Gasteiger partial charge on any atom is -0.321 e. The molecule has 1 aromatic heterocycles. The van der Waals surface area contributed by atoms with Gasteiger partial charge in [0.05, 0.1) is 21.2 Å². The molecule has 0 saturated heterocycles. The van der Waals surface area contributed by atoms with Crippen LogP contribution in [0.25, 0.3) is 0 Å². The predicted molar refractivity (Wildman–Crippen MR) is 83.0 cm³/mol. The molecule has 1 heterocycles. The van der Waals surface area contributed by atoms with Crippen molar-refractivity contribution in [2.24, 2.45) is 0 Å². The number of hydrogen-bond acceptors (Lipinski definition) is 4. The van der Waals surface area contributed by atoms with Crippen LogP contribution in [-0.4, -0.2) is 15.8 Å². The molecule has 0 bridgehead atoms. The van der Waals surface area contributed by atoms with Gasteiger partial charge in [-0.25, -0.2) is 0 Å². The first-order valence-corrected chi connectivity index (χ1v) is 6.98. The maximum atomic E-state index is 12.0. The van der Waals surface area contributed by atoms with Crippen LogP contribution in [0, 0.1) is 10.1 Å². The number of pyridine rings is 1. The average molecular weight is 391 g/mol. The maximum Gasteiger partial charge on any atom is 0.289 e. The van der Waals surface area contributed by atoms with Gasteiger partial charge in [-0.1, -0.05) is 23.2 Å². The van der Waals surface area contributed by atoms with Gasteiger partial charge in [-0.05, 0) is 28.1 Å². The van der Waals surface area contributed by atoms with E-state index in [9.17, 15) is 14.9 Å². The van der Waals surface area contributed by atoms with Gasteiger partial charge in [0.2, 0.25) is 0 Å². The minimum absolute atomic E-state index is 0.0161. The van der Waals surface area contributed by atoms with E-state index < -0.39 is 10.8 Å². The Kier molecular flexibility index (Phi) is 4.76. The van der Waals surface area contributed by atoms with Crippen molar-refractivity contribution < 1.29 is 9.72 Å². The summed E-state index contributed by atoms with van der Waals surface area (Å²) in [6, 6.07) is 3.88. The van der Waals surface area contributed by atoms with E-state index in [4.69, 9.17) is 23.2 Å². The Labute approximate surface area is 137 Å². The van der Waals surface area contributed by atoms with E-state index in [1.54, 1.807) is 6.07 Å². The molecule has 0 aliphatic heterocycles.